The van der Waals surface area contributed by atoms with Crippen molar-refractivity contribution in [1.82, 2.24) is 4.98 Å². The van der Waals surface area contributed by atoms with E-state index >= 15 is 0 Å². The monoisotopic (exact) mass is 346 g/mol. The Kier molecular flexibility index (Phi) is 4.85. The molecule has 0 bridgehead atoms. The summed E-state index contributed by atoms with van der Waals surface area (Å²) in [6, 6.07) is 9.18. The van der Waals surface area contributed by atoms with Gasteiger partial charge in [-0.05, 0) is 37.5 Å². The van der Waals surface area contributed by atoms with E-state index in [1.807, 2.05) is 25.1 Å². The Morgan fingerprint density at radius 2 is 2.08 bits per heavy atom. The number of anilines is 2. The predicted molar refractivity (Wildman–Crippen MR) is 95.9 cm³/mol. The Hall–Kier alpha value is -2.34. The zero-order chi connectivity index (χ0) is 17.1. The van der Waals surface area contributed by atoms with E-state index in [2.05, 4.69) is 15.2 Å². The number of nitro groups is 1. The number of aromatic nitrogens is 1. The minimum Gasteiger partial charge on any atom is -0.381 e. The van der Waals surface area contributed by atoms with Gasteiger partial charge in [-0.15, -0.1) is 0 Å². The molecular formula is C17H19ClN4O2. The van der Waals surface area contributed by atoms with E-state index in [4.69, 9.17) is 11.6 Å². The van der Waals surface area contributed by atoms with E-state index in [9.17, 15) is 10.1 Å². The molecule has 2 aromatic rings. The van der Waals surface area contributed by atoms with Gasteiger partial charge in [-0.1, -0.05) is 17.7 Å². The molecule has 3 rings (SSSR count). The lowest BCUT2D eigenvalue weighted by atomic mass is 10.0. The fourth-order valence-electron chi connectivity index (χ4n) is 3.01. The summed E-state index contributed by atoms with van der Waals surface area (Å²) < 4.78 is 0. The summed E-state index contributed by atoms with van der Waals surface area (Å²) in [7, 11) is 0. The van der Waals surface area contributed by atoms with Crippen molar-refractivity contribution < 1.29 is 4.92 Å². The standard InChI is InChI=1S/C17H19ClN4O2/c1-12-10-14(22(23)24)11-15(18)17(12)20-13-5-8-21(9-6-13)16-4-2-3-7-19-16/h2-4,7,10-11,13,20H,5-6,8-9H2,1H3. The van der Waals surface area contributed by atoms with Crippen molar-refractivity contribution in [2.75, 3.05) is 23.3 Å². The van der Waals surface area contributed by atoms with E-state index < -0.39 is 4.92 Å². The van der Waals surface area contributed by atoms with Gasteiger partial charge in [0.15, 0.2) is 0 Å². The van der Waals surface area contributed by atoms with Crippen molar-refractivity contribution in [2.45, 2.75) is 25.8 Å². The van der Waals surface area contributed by atoms with Crippen LogP contribution in [0.25, 0.3) is 0 Å². The van der Waals surface area contributed by atoms with Crippen LogP contribution in [0.4, 0.5) is 17.2 Å². The highest BCUT2D eigenvalue weighted by atomic mass is 35.5. The van der Waals surface area contributed by atoms with E-state index in [0.717, 1.165) is 43.0 Å². The Balaban J connectivity index is 1.65. The van der Waals surface area contributed by atoms with Crippen LogP contribution in [-0.4, -0.2) is 29.0 Å². The first kappa shape index (κ1) is 16.5. The third-order valence-electron chi connectivity index (χ3n) is 4.30. The zero-order valence-corrected chi connectivity index (χ0v) is 14.2. The summed E-state index contributed by atoms with van der Waals surface area (Å²) in [5.41, 5.74) is 1.60. The summed E-state index contributed by atoms with van der Waals surface area (Å²) in [6.45, 7) is 3.67. The van der Waals surface area contributed by atoms with Gasteiger partial charge in [0, 0.05) is 37.5 Å². The van der Waals surface area contributed by atoms with Crippen LogP contribution >= 0.6 is 11.6 Å². The van der Waals surface area contributed by atoms with E-state index in [1.165, 1.54) is 6.07 Å². The maximum absolute atomic E-state index is 10.9. The molecular weight excluding hydrogens is 328 g/mol. The Morgan fingerprint density at radius 1 is 1.33 bits per heavy atom. The van der Waals surface area contributed by atoms with Gasteiger partial charge in [0.25, 0.3) is 5.69 Å². The summed E-state index contributed by atoms with van der Waals surface area (Å²) in [5.74, 6) is 1.00. The molecule has 0 amide bonds. The molecule has 1 N–H and O–H groups in total. The average Bonchev–Trinajstić information content (AvgIpc) is 2.59. The van der Waals surface area contributed by atoms with Crippen molar-refractivity contribution >= 4 is 28.8 Å². The van der Waals surface area contributed by atoms with Crippen LogP contribution < -0.4 is 10.2 Å². The second kappa shape index (κ2) is 7.05. The van der Waals surface area contributed by atoms with Crippen molar-refractivity contribution in [3.05, 3.63) is 57.2 Å². The van der Waals surface area contributed by atoms with Crippen LogP contribution in [0.1, 0.15) is 18.4 Å². The lowest BCUT2D eigenvalue weighted by molar-refractivity contribution is -0.384. The first-order chi connectivity index (χ1) is 11.5. The molecule has 7 heteroatoms. The molecule has 0 aliphatic carbocycles. The fraction of sp³-hybridized carbons (Fsp3) is 0.353. The molecule has 0 atom stereocenters. The minimum atomic E-state index is -0.423. The number of nitro benzene ring substituents is 1. The van der Waals surface area contributed by atoms with Gasteiger partial charge in [0.2, 0.25) is 0 Å². The number of non-ortho nitro benzene ring substituents is 1. The number of hydrogen-bond acceptors (Lipinski definition) is 5. The largest absolute Gasteiger partial charge is 0.381 e. The van der Waals surface area contributed by atoms with Crippen molar-refractivity contribution in [3.8, 4) is 0 Å². The zero-order valence-electron chi connectivity index (χ0n) is 13.4. The van der Waals surface area contributed by atoms with Gasteiger partial charge in [-0.25, -0.2) is 4.98 Å². The second-order valence-electron chi connectivity index (χ2n) is 5.97. The van der Waals surface area contributed by atoms with Gasteiger partial charge in [-0.3, -0.25) is 10.1 Å². The molecule has 1 fully saturated rings. The smallest absolute Gasteiger partial charge is 0.271 e. The Labute approximate surface area is 145 Å². The number of benzene rings is 1. The van der Waals surface area contributed by atoms with Crippen LogP contribution in [0, 0.1) is 17.0 Å². The summed E-state index contributed by atoms with van der Waals surface area (Å²) in [4.78, 5) is 17.1. The number of nitrogens with zero attached hydrogens (tertiary/aromatic N) is 3. The highest BCUT2D eigenvalue weighted by molar-refractivity contribution is 6.33. The van der Waals surface area contributed by atoms with Crippen LogP contribution in [0.5, 0.6) is 0 Å². The molecule has 1 aromatic carbocycles. The van der Waals surface area contributed by atoms with Gasteiger partial charge in [0.1, 0.15) is 5.82 Å². The summed E-state index contributed by atoms with van der Waals surface area (Å²) >= 11 is 6.24. The van der Waals surface area contributed by atoms with Gasteiger partial charge in [0.05, 0.1) is 15.6 Å². The predicted octanol–water partition coefficient (Wildman–Crippen LogP) is 4.03. The SMILES string of the molecule is Cc1cc([N+](=O)[O-])cc(Cl)c1NC1CCN(c2ccccn2)CC1. The average molecular weight is 347 g/mol. The van der Waals surface area contributed by atoms with Crippen molar-refractivity contribution in [2.24, 2.45) is 0 Å². The highest BCUT2D eigenvalue weighted by Crippen LogP contribution is 2.32. The van der Waals surface area contributed by atoms with E-state index in [-0.39, 0.29) is 5.69 Å². The van der Waals surface area contributed by atoms with Gasteiger partial charge in [-0.2, -0.15) is 0 Å². The molecule has 0 unspecified atom stereocenters. The maximum atomic E-state index is 10.9. The molecule has 126 valence electrons. The summed E-state index contributed by atoms with van der Waals surface area (Å²) in [5, 5.41) is 14.7. The number of hydrogen-bond donors (Lipinski definition) is 1. The third-order valence-corrected chi connectivity index (χ3v) is 4.60. The van der Waals surface area contributed by atoms with Crippen LogP contribution in [0.3, 0.4) is 0 Å². The van der Waals surface area contributed by atoms with Crippen LogP contribution in [0.2, 0.25) is 5.02 Å². The lowest BCUT2D eigenvalue weighted by Crippen LogP contribution is -2.39. The first-order valence-corrected chi connectivity index (χ1v) is 8.29. The third kappa shape index (κ3) is 3.59. The Bertz CT molecular complexity index is 708. The molecule has 1 aliphatic heterocycles. The van der Waals surface area contributed by atoms with Crippen molar-refractivity contribution in [1.29, 1.82) is 0 Å². The minimum absolute atomic E-state index is 0.0213. The maximum Gasteiger partial charge on any atom is 0.271 e. The lowest BCUT2D eigenvalue weighted by Gasteiger charge is -2.34. The van der Waals surface area contributed by atoms with E-state index in [0.29, 0.717) is 11.1 Å². The quantitative estimate of drug-likeness (QED) is 0.668. The number of nitrogens with one attached hydrogen (secondary N) is 1. The van der Waals surface area contributed by atoms with Crippen LogP contribution in [-0.2, 0) is 0 Å². The molecule has 1 aromatic heterocycles. The molecule has 1 saturated heterocycles. The van der Waals surface area contributed by atoms with Crippen LogP contribution in [0.15, 0.2) is 36.5 Å². The molecule has 2 heterocycles. The first-order valence-electron chi connectivity index (χ1n) is 7.91. The molecule has 0 spiro atoms. The fourth-order valence-corrected chi connectivity index (χ4v) is 3.33. The number of rotatable bonds is 4. The summed E-state index contributed by atoms with van der Waals surface area (Å²) in [6.07, 6.45) is 3.73. The number of halogens is 1. The number of pyridine rings is 1. The highest BCUT2D eigenvalue weighted by Gasteiger charge is 2.22. The molecule has 1 aliphatic rings. The van der Waals surface area contributed by atoms with Gasteiger partial charge >= 0.3 is 0 Å². The molecule has 24 heavy (non-hydrogen) atoms. The van der Waals surface area contributed by atoms with Crippen molar-refractivity contribution in [3.63, 3.8) is 0 Å². The second-order valence-corrected chi connectivity index (χ2v) is 6.38. The molecule has 0 saturated carbocycles. The number of aryl methyl sites for hydroxylation is 1. The Morgan fingerprint density at radius 3 is 2.67 bits per heavy atom. The topological polar surface area (TPSA) is 71.3 Å². The number of piperidine rings is 1. The van der Waals surface area contributed by atoms with E-state index in [1.54, 1.807) is 12.3 Å². The van der Waals surface area contributed by atoms with Gasteiger partial charge < -0.3 is 10.2 Å². The normalized spacial score (nSPS) is 15.3. The molecule has 6 nitrogen and oxygen atoms in total. The molecule has 0 radical (unpaired) electrons.